The highest BCUT2D eigenvalue weighted by atomic mass is 19.4. The fourth-order valence-electron chi connectivity index (χ4n) is 2.27. The molecule has 4 N–H and O–H groups in total. The third-order valence-corrected chi connectivity index (χ3v) is 3.63. The van der Waals surface area contributed by atoms with Crippen molar-refractivity contribution >= 4 is 29.4 Å². The van der Waals surface area contributed by atoms with E-state index in [-0.39, 0.29) is 17.1 Å². The molecular formula is C20H22F3N5O4. The van der Waals surface area contributed by atoms with E-state index in [0.29, 0.717) is 0 Å². The van der Waals surface area contributed by atoms with E-state index in [0.717, 1.165) is 12.1 Å². The quantitative estimate of drug-likeness (QED) is 0.516. The molecule has 32 heavy (non-hydrogen) atoms. The maximum Gasteiger partial charge on any atom is 0.416 e. The number of nitrogens with one attached hydrogen (secondary N) is 4. The van der Waals surface area contributed by atoms with Crippen molar-refractivity contribution in [2.45, 2.75) is 32.5 Å². The zero-order chi connectivity index (χ0) is 23.9. The van der Waals surface area contributed by atoms with Crippen molar-refractivity contribution in [2.75, 3.05) is 11.9 Å². The molecular weight excluding hydrogens is 431 g/mol. The molecule has 0 saturated carbocycles. The van der Waals surface area contributed by atoms with Crippen LogP contribution in [0.3, 0.4) is 0 Å². The van der Waals surface area contributed by atoms with Crippen LogP contribution in [0.2, 0.25) is 0 Å². The van der Waals surface area contributed by atoms with Gasteiger partial charge in [0, 0.05) is 11.9 Å². The summed E-state index contributed by atoms with van der Waals surface area (Å²) in [5.74, 6) is -1.39. The number of nitrogens with zero attached hydrogens (tertiary/aromatic N) is 1. The van der Waals surface area contributed by atoms with Crippen LogP contribution in [0.4, 0.5) is 29.5 Å². The van der Waals surface area contributed by atoms with Gasteiger partial charge < -0.3 is 15.4 Å². The fourth-order valence-corrected chi connectivity index (χ4v) is 2.27. The topological polar surface area (TPSA) is 121 Å². The van der Waals surface area contributed by atoms with Gasteiger partial charge in [0.25, 0.3) is 11.8 Å². The van der Waals surface area contributed by atoms with Crippen molar-refractivity contribution in [3.05, 3.63) is 53.7 Å². The fraction of sp³-hybridized carbons (Fsp3) is 0.300. The molecule has 1 aromatic heterocycles. The Kier molecular flexibility index (Phi) is 7.63. The number of hydrogen-bond donors (Lipinski definition) is 4. The number of hydrogen-bond acceptors (Lipinski definition) is 6. The van der Waals surface area contributed by atoms with Crippen LogP contribution in [0.5, 0.6) is 0 Å². The second-order valence-electron chi connectivity index (χ2n) is 7.46. The van der Waals surface area contributed by atoms with Gasteiger partial charge in [0.15, 0.2) is 0 Å². The first-order chi connectivity index (χ1) is 14.8. The van der Waals surface area contributed by atoms with Crippen LogP contribution < -0.4 is 21.5 Å². The highest BCUT2D eigenvalue weighted by Gasteiger charge is 2.30. The van der Waals surface area contributed by atoms with E-state index in [1.54, 1.807) is 20.8 Å². The number of rotatable bonds is 5. The lowest BCUT2D eigenvalue weighted by atomic mass is 10.2. The number of halogens is 3. The summed E-state index contributed by atoms with van der Waals surface area (Å²) >= 11 is 0. The average Bonchev–Trinajstić information content (AvgIpc) is 2.69. The largest absolute Gasteiger partial charge is 0.444 e. The van der Waals surface area contributed by atoms with Gasteiger partial charge in [-0.05, 0) is 57.2 Å². The summed E-state index contributed by atoms with van der Waals surface area (Å²) < 4.78 is 43.0. The number of hydrazine groups is 1. The molecule has 1 heterocycles. The van der Waals surface area contributed by atoms with Crippen molar-refractivity contribution < 1.29 is 32.3 Å². The molecule has 0 saturated heterocycles. The van der Waals surface area contributed by atoms with E-state index in [2.05, 4.69) is 26.5 Å². The van der Waals surface area contributed by atoms with Gasteiger partial charge in [0.05, 0.1) is 11.1 Å². The number of alkyl halides is 3. The van der Waals surface area contributed by atoms with Crippen LogP contribution in [0, 0.1) is 0 Å². The van der Waals surface area contributed by atoms with Crippen molar-refractivity contribution in [3.63, 3.8) is 0 Å². The van der Waals surface area contributed by atoms with Crippen molar-refractivity contribution in [3.8, 4) is 0 Å². The van der Waals surface area contributed by atoms with Crippen molar-refractivity contribution in [2.24, 2.45) is 0 Å². The van der Waals surface area contributed by atoms with E-state index >= 15 is 0 Å². The molecule has 0 aliphatic carbocycles. The van der Waals surface area contributed by atoms with E-state index < -0.39 is 41.8 Å². The Morgan fingerprint density at radius 3 is 2.25 bits per heavy atom. The normalized spacial score (nSPS) is 11.3. The van der Waals surface area contributed by atoms with E-state index in [9.17, 15) is 27.6 Å². The summed E-state index contributed by atoms with van der Waals surface area (Å²) in [6.45, 7) is 4.55. The van der Waals surface area contributed by atoms with Crippen LogP contribution in [0.15, 0.2) is 42.6 Å². The molecule has 1 aromatic carbocycles. The Bertz CT molecular complexity index is 972. The third-order valence-electron chi connectivity index (χ3n) is 3.63. The standard InChI is InChI=1S/C20H22F3N5O4/c1-19(2,3)32-18(31)25-11-15(29)27-28-17(30)14-5-4-10-24-16(14)26-13-8-6-12(7-9-13)20(21,22)23/h4-10H,11H2,1-3H3,(H,24,26)(H,25,31)(H,27,29)(H,28,30). The first-order valence-electron chi connectivity index (χ1n) is 9.30. The van der Waals surface area contributed by atoms with Gasteiger partial charge >= 0.3 is 12.3 Å². The number of alkyl carbamates (subject to hydrolysis) is 1. The lowest BCUT2D eigenvalue weighted by Crippen LogP contribution is -2.47. The lowest BCUT2D eigenvalue weighted by Gasteiger charge is -2.19. The molecule has 0 bridgehead atoms. The molecule has 0 aliphatic heterocycles. The third kappa shape index (κ3) is 7.78. The van der Waals surface area contributed by atoms with Crippen molar-refractivity contribution in [1.29, 1.82) is 0 Å². The van der Waals surface area contributed by atoms with Gasteiger partial charge in [-0.1, -0.05) is 0 Å². The maximum absolute atomic E-state index is 12.7. The minimum absolute atomic E-state index is 0.0211. The number of pyridine rings is 1. The molecule has 0 spiro atoms. The molecule has 0 radical (unpaired) electrons. The second kappa shape index (κ2) is 9.98. The van der Waals surface area contributed by atoms with Crippen LogP contribution in [-0.4, -0.2) is 35.0 Å². The first kappa shape index (κ1) is 24.4. The molecule has 3 amide bonds. The maximum atomic E-state index is 12.7. The Morgan fingerprint density at radius 1 is 1.00 bits per heavy atom. The monoisotopic (exact) mass is 453 g/mol. The second-order valence-corrected chi connectivity index (χ2v) is 7.46. The molecule has 172 valence electrons. The van der Waals surface area contributed by atoms with Crippen LogP contribution >= 0.6 is 0 Å². The Labute approximate surface area is 181 Å². The van der Waals surface area contributed by atoms with Gasteiger partial charge in [0.1, 0.15) is 18.0 Å². The zero-order valence-corrected chi connectivity index (χ0v) is 17.5. The highest BCUT2D eigenvalue weighted by Crippen LogP contribution is 2.30. The number of carbonyl (C=O) groups excluding carboxylic acids is 3. The molecule has 2 aromatic rings. The van der Waals surface area contributed by atoms with E-state index in [1.165, 1.54) is 30.5 Å². The Hall–Kier alpha value is -3.83. The summed E-state index contributed by atoms with van der Waals surface area (Å²) in [4.78, 5) is 39.8. The van der Waals surface area contributed by atoms with Gasteiger partial charge in [-0.3, -0.25) is 20.4 Å². The summed E-state index contributed by atoms with van der Waals surface area (Å²) in [5.41, 5.74) is 3.04. The lowest BCUT2D eigenvalue weighted by molar-refractivity contribution is -0.137. The number of carbonyl (C=O) groups is 3. The van der Waals surface area contributed by atoms with Crippen molar-refractivity contribution in [1.82, 2.24) is 21.2 Å². The molecule has 9 nitrogen and oxygen atoms in total. The smallest absolute Gasteiger partial charge is 0.416 e. The van der Waals surface area contributed by atoms with Crippen LogP contribution in [0.25, 0.3) is 0 Å². The van der Waals surface area contributed by atoms with E-state index in [1.807, 2.05) is 0 Å². The number of aromatic nitrogens is 1. The van der Waals surface area contributed by atoms with Gasteiger partial charge in [-0.25, -0.2) is 9.78 Å². The molecule has 0 atom stereocenters. The van der Waals surface area contributed by atoms with Crippen LogP contribution in [-0.2, 0) is 15.7 Å². The predicted molar refractivity (Wildman–Crippen MR) is 109 cm³/mol. The van der Waals surface area contributed by atoms with E-state index in [4.69, 9.17) is 4.74 Å². The predicted octanol–water partition coefficient (Wildman–Crippen LogP) is 3.13. The number of anilines is 2. The highest BCUT2D eigenvalue weighted by molar-refractivity contribution is 6.00. The molecule has 2 rings (SSSR count). The summed E-state index contributed by atoms with van der Waals surface area (Å²) in [6.07, 6.45) is -3.88. The number of benzene rings is 1. The summed E-state index contributed by atoms with van der Waals surface area (Å²) in [7, 11) is 0. The van der Waals surface area contributed by atoms with Gasteiger partial charge in [-0.15, -0.1) is 0 Å². The first-order valence-corrected chi connectivity index (χ1v) is 9.30. The minimum atomic E-state index is -4.47. The Morgan fingerprint density at radius 2 is 1.66 bits per heavy atom. The molecule has 12 heteroatoms. The molecule has 0 fully saturated rings. The number of ether oxygens (including phenoxy) is 1. The zero-order valence-electron chi connectivity index (χ0n) is 17.5. The van der Waals surface area contributed by atoms with Crippen LogP contribution in [0.1, 0.15) is 36.7 Å². The molecule has 0 aliphatic rings. The molecule has 0 unspecified atom stereocenters. The van der Waals surface area contributed by atoms with Gasteiger partial charge in [-0.2, -0.15) is 13.2 Å². The summed E-state index contributed by atoms with van der Waals surface area (Å²) in [5, 5.41) is 4.99. The number of amides is 3. The van der Waals surface area contributed by atoms with Gasteiger partial charge in [0.2, 0.25) is 0 Å². The summed E-state index contributed by atoms with van der Waals surface area (Å²) in [6, 6.07) is 7.05. The minimum Gasteiger partial charge on any atom is -0.444 e. The Balaban J connectivity index is 1.94. The SMILES string of the molecule is CC(C)(C)OC(=O)NCC(=O)NNC(=O)c1cccnc1Nc1ccc(C(F)(F)F)cc1. The average molecular weight is 453 g/mol.